The highest BCUT2D eigenvalue weighted by Gasteiger charge is 2.36. The number of likely N-dealkylation sites (N-methyl/N-ethyl adjacent to an activating group) is 1. The fourth-order valence-electron chi connectivity index (χ4n) is 6.13. The van der Waals surface area contributed by atoms with Crippen LogP contribution in [0.4, 0.5) is 0 Å². The topological polar surface area (TPSA) is 73.1 Å². The lowest BCUT2D eigenvalue weighted by Crippen LogP contribution is -2.43. The Labute approximate surface area is 260 Å². The molecule has 0 N–H and O–H groups in total. The van der Waals surface area contributed by atoms with Crippen LogP contribution in [0.1, 0.15) is 44.9 Å². The van der Waals surface area contributed by atoms with Gasteiger partial charge in [-0.05, 0) is 67.6 Å². The number of carbonyl (C=O) groups is 1. The number of thiazole rings is 1. The van der Waals surface area contributed by atoms with Crippen molar-refractivity contribution >= 4 is 44.9 Å². The van der Waals surface area contributed by atoms with Crippen LogP contribution in [0.25, 0.3) is 27.6 Å². The van der Waals surface area contributed by atoms with Gasteiger partial charge in [-0.25, -0.2) is 4.99 Å². The molecule has 5 aromatic rings. The number of hydrogen-bond donors (Lipinski definition) is 0. The van der Waals surface area contributed by atoms with E-state index in [2.05, 4.69) is 0 Å². The van der Waals surface area contributed by atoms with Crippen LogP contribution in [0, 0.1) is 0 Å². The first-order chi connectivity index (χ1) is 21.4. The largest absolute Gasteiger partial charge is 0.496 e. The van der Waals surface area contributed by atoms with Crippen LogP contribution in [0.5, 0.6) is 11.5 Å². The van der Waals surface area contributed by atoms with Gasteiger partial charge in [0.2, 0.25) is 0 Å². The molecule has 1 amide bonds. The monoisotopic (exact) mass is 605 g/mol. The third kappa shape index (κ3) is 4.89. The SMILES string of the molecule is CCOc1ccc(/C=c2/sc3n(c2=O)[C@H](c2c(OC)ccc4ccccc24)C(C(=O)N(CC)CC)=C(C)N=3)c2ccccc12. The van der Waals surface area contributed by atoms with E-state index < -0.39 is 6.04 Å². The van der Waals surface area contributed by atoms with Crippen molar-refractivity contribution in [1.82, 2.24) is 9.47 Å². The number of nitrogens with zero attached hydrogens (tertiary/aromatic N) is 3. The van der Waals surface area contributed by atoms with Gasteiger partial charge in [0.1, 0.15) is 17.5 Å². The number of carbonyl (C=O) groups excluding carboxylic acids is 1. The molecule has 0 spiro atoms. The lowest BCUT2D eigenvalue weighted by molar-refractivity contribution is -0.127. The standard InChI is InChI=1S/C36H35N3O4S/c1-6-38(7-2)35(41)31-22(4)37-36-39(33(31)32-26-15-10-9-13-23(26)17-20-29(32)42-5)34(40)30(44-36)21-24-18-19-28(43-8-3)27-16-12-11-14-25(24)27/h9-21,33H,6-8H2,1-5H3/b30-21+/t33-/m0/s1. The van der Waals surface area contributed by atoms with E-state index in [1.54, 1.807) is 16.6 Å². The van der Waals surface area contributed by atoms with Gasteiger partial charge in [-0.1, -0.05) is 72.0 Å². The second-order valence-electron chi connectivity index (χ2n) is 10.6. The summed E-state index contributed by atoms with van der Waals surface area (Å²) in [5.74, 6) is 1.28. The van der Waals surface area contributed by atoms with E-state index in [0.29, 0.717) is 46.0 Å². The molecule has 0 aliphatic carbocycles. The molecule has 7 nitrogen and oxygen atoms in total. The minimum absolute atomic E-state index is 0.136. The molecular formula is C36H35N3O4S. The van der Waals surface area contributed by atoms with E-state index in [0.717, 1.165) is 38.4 Å². The Hall–Kier alpha value is -4.69. The first-order valence-corrected chi connectivity index (χ1v) is 15.7. The van der Waals surface area contributed by atoms with Gasteiger partial charge in [0.05, 0.1) is 29.5 Å². The highest BCUT2D eigenvalue weighted by atomic mass is 32.1. The van der Waals surface area contributed by atoms with E-state index in [9.17, 15) is 9.59 Å². The summed E-state index contributed by atoms with van der Waals surface area (Å²) >= 11 is 1.33. The highest BCUT2D eigenvalue weighted by molar-refractivity contribution is 7.07. The average molecular weight is 606 g/mol. The summed E-state index contributed by atoms with van der Waals surface area (Å²) in [6, 6.07) is 23.1. The lowest BCUT2D eigenvalue weighted by Gasteiger charge is -2.30. The molecule has 44 heavy (non-hydrogen) atoms. The van der Waals surface area contributed by atoms with Crippen molar-refractivity contribution in [2.45, 2.75) is 33.7 Å². The first-order valence-electron chi connectivity index (χ1n) is 14.9. The average Bonchev–Trinajstić information content (AvgIpc) is 3.35. The summed E-state index contributed by atoms with van der Waals surface area (Å²) in [6.45, 7) is 9.39. The maximum atomic E-state index is 14.5. The molecule has 0 bridgehead atoms. The Bertz CT molecular complexity index is 2120. The predicted molar refractivity (Wildman–Crippen MR) is 177 cm³/mol. The Morgan fingerprint density at radius 2 is 1.61 bits per heavy atom. The van der Waals surface area contributed by atoms with Gasteiger partial charge in [-0.15, -0.1) is 0 Å². The Morgan fingerprint density at radius 1 is 0.932 bits per heavy atom. The fraction of sp³-hybridized carbons (Fsp3) is 0.250. The molecule has 1 aliphatic heterocycles. The predicted octanol–water partition coefficient (Wildman–Crippen LogP) is 5.82. The van der Waals surface area contributed by atoms with Gasteiger partial charge in [-0.3, -0.25) is 14.2 Å². The molecule has 1 atom stereocenters. The molecule has 0 saturated carbocycles. The number of ether oxygens (including phenoxy) is 2. The lowest BCUT2D eigenvalue weighted by atomic mass is 9.90. The molecule has 0 radical (unpaired) electrons. The van der Waals surface area contributed by atoms with Crippen molar-refractivity contribution in [3.63, 3.8) is 0 Å². The molecule has 0 unspecified atom stereocenters. The van der Waals surface area contributed by atoms with Crippen LogP contribution in [0.3, 0.4) is 0 Å². The normalized spacial score (nSPS) is 14.9. The third-order valence-corrected chi connectivity index (χ3v) is 9.21. The Morgan fingerprint density at radius 3 is 2.32 bits per heavy atom. The maximum Gasteiger partial charge on any atom is 0.271 e. The summed E-state index contributed by atoms with van der Waals surface area (Å²) in [5, 5.41) is 3.89. The van der Waals surface area contributed by atoms with Crippen LogP contribution >= 0.6 is 11.3 Å². The molecule has 6 rings (SSSR count). The molecule has 4 aromatic carbocycles. The van der Waals surface area contributed by atoms with Crippen LogP contribution in [-0.2, 0) is 4.79 Å². The zero-order chi connectivity index (χ0) is 31.0. The van der Waals surface area contributed by atoms with Gasteiger partial charge in [0, 0.05) is 24.0 Å². The Kier molecular flexibility index (Phi) is 8.10. The van der Waals surface area contributed by atoms with Crippen molar-refractivity contribution in [1.29, 1.82) is 0 Å². The second kappa shape index (κ2) is 12.1. The molecule has 0 saturated heterocycles. The quantitative estimate of drug-likeness (QED) is 0.224. The summed E-state index contributed by atoms with van der Waals surface area (Å²) in [6.07, 6.45) is 1.92. The van der Waals surface area contributed by atoms with Crippen LogP contribution < -0.4 is 24.4 Å². The summed E-state index contributed by atoms with van der Waals surface area (Å²) < 4.78 is 14.0. The zero-order valence-electron chi connectivity index (χ0n) is 25.6. The second-order valence-corrected chi connectivity index (χ2v) is 11.6. The van der Waals surface area contributed by atoms with Crippen molar-refractivity contribution in [2.24, 2.45) is 4.99 Å². The minimum Gasteiger partial charge on any atom is -0.496 e. The van der Waals surface area contributed by atoms with E-state index in [4.69, 9.17) is 14.5 Å². The molecule has 1 aromatic heterocycles. The van der Waals surface area contributed by atoms with Crippen molar-refractivity contribution in [2.75, 3.05) is 26.8 Å². The van der Waals surface area contributed by atoms with E-state index in [1.807, 2.05) is 107 Å². The van der Waals surface area contributed by atoms with Gasteiger partial charge >= 0.3 is 0 Å². The van der Waals surface area contributed by atoms with Crippen LogP contribution in [0.2, 0.25) is 0 Å². The van der Waals surface area contributed by atoms with Crippen molar-refractivity contribution in [3.05, 3.63) is 115 Å². The van der Waals surface area contributed by atoms with E-state index in [-0.39, 0.29) is 11.5 Å². The molecule has 0 fully saturated rings. The fourth-order valence-corrected chi connectivity index (χ4v) is 7.17. The maximum absolute atomic E-state index is 14.5. The van der Waals surface area contributed by atoms with Gasteiger partial charge < -0.3 is 14.4 Å². The number of rotatable bonds is 8. The van der Waals surface area contributed by atoms with E-state index in [1.165, 1.54) is 11.3 Å². The number of benzene rings is 4. The first kappa shape index (κ1) is 29.4. The number of amides is 1. The van der Waals surface area contributed by atoms with Crippen LogP contribution in [-0.4, -0.2) is 42.2 Å². The van der Waals surface area contributed by atoms with Gasteiger partial charge in [-0.2, -0.15) is 0 Å². The molecule has 8 heteroatoms. The van der Waals surface area contributed by atoms with Crippen molar-refractivity contribution < 1.29 is 14.3 Å². The summed E-state index contributed by atoms with van der Waals surface area (Å²) in [5.41, 5.74) is 2.55. The number of hydrogen-bond acceptors (Lipinski definition) is 6. The summed E-state index contributed by atoms with van der Waals surface area (Å²) in [7, 11) is 1.62. The minimum atomic E-state index is -0.723. The molecule has 224 valence electrons. The summed E-state index contributed by atoms with van der Waals surface area (Å²) in [4.78, 5) is 35.9. The van der Waals surface area contributed by atoms with Gasteiger partial charge in [0.25, 0.3) is 11.5 Å². The molecule has 2 heterocycles. The smallest absolute Gasteiger partial charge is 0.271 e. The van der Waals surface area contributed by atoms with Crippen LogP contribution in [0.15, 0.2) is 93.9 Å². The highest BCUT2D eigenvalue weighted by Crippen LogP contribution is 2.40. The number of allylic oxidation sites excluding steroid dienone is 1. The zero-order valence-corrected chi connectivity index (χ0v) is 26.4. The number of methoxy groups -OCH3 is 1. The number of aromatic nitrogens is 1. The molecule has 1 aliphatic rings. The number of fused-ring (bicyclic) bond motifs is 3. The van der Waals surface area contributed by atoms with E-state index >= 15 is 0 Å². The molecular weight excluding hydrogens is 570 g/mol. The third-order valence-electron chi connectivity index (χ3n) is 8.23. The van der Waals surface area contributed by atoms with Crippen molar-refractivity contribution in [3.8, 4) is 11.5 Å². The Balaban J connectivity index is 1.65. The van der Waals surface area contributed by atoms with Gasteiger partial charge in [0.15, 0.2) is 4.80 Å².